The molecule has 16 heavy (non-hydrogen) atoms. The molecule has 0 radical (unpaired) electrons. The molecular formula is C11H14Cl2N2S. The van der Waals surface area contributed by atoms with Crippen molar-refractivity contribution in [2.75, 3.05) is 29.5 Å². The summed E-state index contributed by atoms with van der Waals surface area (Å²) < 4.78 is 0. The number of alkyl halides is 1. The van der Waals surface area contributed by atoms with Crippen LogP contribution in [0.2, 0.25) is 5.02 Å². The molecule has 1 aromatic rings. The highest BCUT2D eigenvalue weighted by atomic mass is 35.5. The summed E-state index contributed by atoms with van der Waals surface area (Å²) in [5.41, 5.74) is 0.963. The van der Waals surface area contributed by atoms with Gasteiger partial charge in [0.15, 0.2) is 0 Å². The Morgan fingerprint density at radius 3 is 3.06 bits per heavy atom. The van der Waals surface area contributed by atoms with E-state index in [1.165, 1.54) is 17.9 Å². The molecular weight excluding hydrogens is 263 g/mol. The first-order valence-corrected chi connectivity index (χ1v) is 7.41. The van der Waals surface area contributed by atoms with Crippen molar-refractivity contribution in [1.29, 1.82) is 0 Å². The minimum atomic E-state index is 0.441. The molecule has 2 heterocycles. The van der Waals surface area contributed by atoms with Crippen LogP contribution >= 0.6 is 35.0 Å². The third kappa shape index (κ3) is 2.96. The van der Waals surface area contributed by atoms with E-state index in [4.69, 9.17) is 23.2 Å². The molecule has 0 atom stereocenters. The van der Waals surface area contributed by atoms with Gasteiger partial charge in [0.1, 0.15) is 5.82 Å². The summed E-state index contributed by atoms with van der Waals surface area (Å²) in [7, 11) is 0. The lowest BCUT2D eigenvalue weighted by Crippen LogP contribution is -2.26. The van der Waals surface area contributed by atoms with Crippen molar-refractivity contribution in [2.24, 2.45) is 0 Å². The number of anilines is 1. The van der Waals surface area contributed by atoms with Crippen LogP contribution in [0.15, 0.2) is 12.3 Å². The van der Waals surface area contributed by atoms with E-state index in [1.54, 1.807) is 6.20 Å². The molecule has 0 aromatic carbocycles. The lowest BCUT2D eigenvalue weighted by atomic mass is 10.2. The summed E-state index contributed by atoms with van der Waals surface area (Å²) in [6.07, 6.45) is 2.91. The van der Waals surface area contributed by atoms with Crippen molar-refractivity contribution in [3.63, 3.8) is 0 Å². The van der Waals surface area contributed by atoms with Gasteiger partial charge in [-0.15, -0.1) is 11.6 Å². The molecule has 1 saturated heterocycles. The molecule has 1 aliphatic rings. The normalized spacial score (nSPS) is 17.2. The van der Waals surface area contributed by atoms with Crippen LogP contribution in [-0.4, -0.2) is 29.6 Å². The average Bonchev–Trinajstić information content (AvgIpc) is 2.58. The standard InChI is InChI=1S/C11H14Cl2N2S/c12-7-9-6-11(14-8-10(9)13)15-2-1-4-16-5-3-15/h6,8H,1-5,7H2. The fraction of sp³-hybridized carbons (Fsp3) is 0.545. The Morgan fingerprint density at radius 2 is 2.25 bits per heavy atom. The number of hydrogen-bond acceptors (Lipinski definition) is 3. The van der Waals surface area contributed by atoms with Crippen molar-refractivity contribution in [2.45, 2.75) is 12.3 Å². The summed E-state index contributed by atoms with van der Waals surface area (Å²) >= 11 is 13.8. The van der Waals surface area contributed by atoms with Gasteiger partial charge >= 0.3 is 0 Å². The van der Waals surface area contributed by atoms with E-state index in [0.29, 0.717) is 10.9 Å². The average molecular weight is 277 g/mol. The van der Waals surface area contributed by atoms with E-state index in [1.807, 2.05) is 17.8 Å². The highest BCUT2D eigenvalue weighted by molar-refractivity contribution is 7.99. The Hall–Kier alpha value is -0.120. The maximum absolute atomic E-state index is 6.00. The molecule has 0 spiro atoms. The van der Waals surface area contributed by atoms with Gasteiger partial charge in [0.25, 0.3) is 0 Å². The highest BCUT2D eigenvalue weighted by Crippen LogP contribution is 2.23. The second kappa shape index (κ2) is 5.99. The maximum atomic E-state index is 6.00. The van der Waals surface area contributed by atoms with Crippen LogP contribution in [0.4, 0.5) is 5.82 Å². The van der Waals surface area contributed by atoms with E-state index in [9.17, 15) is 0 Å². The van der Waals surface area contributed by atoms with Crippen LogP contribution < -0.4 is 4.90 Å². The lowest BCUT2D eigenvalue weighted by Gasteiger charge is -2.21. The van der Waals surface area contributed by atoms with Crippen LogP contribution in [0, 0.1) is 0 Å². The number of rotatable bonds is 2. The lowest BCUT2D eigenvalue weighted by molar-refractivity contribution is 0.800. The van der Waals surface area contributed by atoms with E-state index < -0.39 is 0 Å². The van der Waals surface area contributed by atoms with Crippen molar-refractivity contribution in [3.8, 4) is 0 Å². The fourth-order valence-corrected chi connectivity index (χ4v) is 3.06. The third-order valence-electron chi connectivity index (χ3n) is 2.61. The van der Waals surface area contributed by atoms with Crippen LogP contribution in [0.5, 0.6) is 0 Å². The summed E-state index contributed by atoms with van der Waals surface area (Å²) in [5.74, 6) is 3.85. The van der Waals surface area contributed by atoms with E-state index >= 15 is 0 Å². The quantitative estimate of drug-likeness (QED) is 0.771. The van der Waals surface area contributed by atoms with E-state index in [0.717, 1.165) is 24.5 Å². The number of pyridine rings is 1. The zero-order chi connectivity index (χ0) is 11.4. The molecule has 2 nitrogen and oxygen atoms in total. The number of thioether (sulfide) groups is 1. The van der Waals surface area contributed by atoms with Gasteiger partial charge in [0, 0.05) is 30.9 Å². The Balaban J connectivity index is 2.18. The molecule has 0 amide bonds. The minimum Gasteiger partial charge on any atom is -0.356 e. The van der Waals surface area contributed by atoms with Gasteiger partial charge < -0.3 is 4.90 Å². The molecule has 2 rings (SSSR count). The summed E-state index contributed by atoms with van der Waals surface area (Å²) in [4.78, 5) is 6.69. The third-order valence-corrected chi connectivity index (χ3v) is 4.29. The second-order valence-electron chi connectivity index (χ2n) is 3.72. The van der Waals surface area contributed by atoms with Crippen LogP contribution in [0.25, 0.3) is 0 Å². The molecule has 5 heteroatoms. The SMILES string of the molecule is ClCc1cc(N2CCCSCC2)ncc1Cl. The second-order valence-corrected chi connectivity index (χ2v) is 5.62. The van der Waals surface area contributed by atoms with Gasteiger partial charge in [-0.3, -0.25) is 0 Å². The van der Waals surface area contributed by atoms with Gasteiger partial charge in [-0.1, -0.05) is 11.6 Å². The predicted molar refractivity (Wildman–Crippen MR) is 73.0 cm³/mol. The Kier molecular flexibility index (Phi) is 4.62. The number of aromatic nitrogens is 1. The maximum Gasteiger partial charge on any atom is 0.128 e. The molecule has 0 unspecified atom stereocenters. The largest absolute Gasteiger partial charge is 0.356 e. The highest BCUT2D eigenvalue weighted by Gasteiger charge is 2.12. The zero-order valence-corrected chi connectivity index (χ0v) is 11.3. The van der Waals surface area contributed by atoms with Crippen LogP contribution in [0.1, 0.15) is 12.0 Å². The fourth-order valence-electron chi connectivity index (χ4n) is 1.72. The topological polar surface area (TPSA) is 16.1 Å². The first-order valence-electron chi connectivity index (χ1n) is 5.34. The van der Waals surface area contributed by atoms with E-state index in [-0.39, 0.29) is 0 Å². The monoisotopic (exact) mass is 276 g/mol. The van der Waals surface area contributed by atoms with Crippen molar-refractivity contribution in [3.05, 3.63) is 22.8 Å². The number of halogens is 2. The molecule has 0 N–H and O–H groups in total. The van der Waals surface area contributed by atoms with Crippen molar-refractivity contribution in [1.82, 2.24) is 4.98 Å². The van der Waals surface area contributed by atoms with Crippen molar-refractivity contribution < 1.29 is 0 Å². The minimum absolute atomic E-state index is 0.441. The first-order chi connectivity index (χ1) is 7.81. The molecule has 1 aliphatic heterocycles. The van der Waals surface area contributed by atoms with Crippen LogP contribution in [0.3, 0.4) is 0 Å². The van der Waals surface area contributed by atoms with Gasteiger partial charge in [0.2, 0.25) is 0 Å². The molecule has 0 aliphatic carbocycles. The number of nitrogens with zero attached hydrogens (tertiary/aromatic N) is 2. The molecule has 0 saturated carbocycles. The van der Waals surface area contributed by atoms with Crippen molar-refractivity contribution >= 4 is 40.8 Å². The zero-order valence-electron chi connectivity index (χ0n) is 8.96. The van der Waals surface area contributed by atoms with Gasteiger partial charge in [-0.05, 0) is 23.8 Å². The molecule has 1 aromatic heterocycles. The Labute approximate surface area is 110 Å². The van der Waals surface area contributed by atoms with Gasteiger partial charge in [-0.2, -0.15) is 11.8 Å². The Bertz CT molecular complexity index is 352. The Morgan fingerprint density at radius 1 is 1.38 bits per heavy atom. The number of hydrogen-bond donors (Lipinski definition) is 0. The molecule has 1 fully saturated rings. The summed E-state index contributed by atoms with van der Waals surface area (Å²) in [6, 6.07) is 2.01. The van der Waals surface area contributed by atoms with E-state index in [2.05, 4.69) is 9.88 Å². The van der Waals surface area contributed by atoms with Gasteiger partial charge in [0.05, 0.1) is 5.02 Å². The predicted octanol–water partition coefficient (Wildman–Crippen LogP) is 3.42. The summed E-state index contributed by atoms with van der Waals surface area (Å²) in [6.45, 7) is 2.13. The molecule has 0 bridgehead atoms. The summed E-state index contributed by atoms with van der Waals surface area (Å²) in [5, 5.41) is 0.656. The van der Waals surface area contributed by atoms with Gasteiger partial charge in [-0.25, -0.2) is 4.98 Å². The first kappa shape index (κ1) is 12.3. The molecule has 88 valence electrons. The smallest absolute Gasteiger partial charge is 0.128 e. The van der Waals surface area contributed by atoms with Crippen LogP contribution in [-0.2, 0) is 5.88 Å².